The SMILES string of the molecule is COC(O)(CCCC[C@@H]1CCCN(C(=O)N[C@@H](C)[C@H](O)CC2CCC(N)CC2)C1)c1cccc(Cl)c1F. The Labute approximate surface area is 225 Å². The Hall–Kier alpha value is -1.45. The van der Waals surface area contributed by atoms with Crippen molar-refractivity contribution in [2.24, 2.45) is 17.6 Å². The van der Waals surface area contributed by atoms with E-state index in [0.29, 0.717) is 37.8 Å². The van der Waals surface area contributed by atoms with Gasteiger partial charge in [-0.1, -0.05) is 30.2 Å². The van der Waals surface area contributed by atoms with Gasteiger partial charge in [-0.2, -0.15) is 0 Å². The first-order valence-corrected chi connectivity index (χ1v) is 14.2. The van der Waals surface area contributed by atoms with Gasteiger partial charge in [-0.25, -0.2) is 9.18 Å². The average molecular weight is 542 g/mol. The lowest BCUT2D eigenvalue weighted by Gasteiger charge is -2.35. The number of rotatable bonds is 11. The number of hydrogen-bond acceptors (Lipinski definition) is 5. The summed E-state index contributed by atoms with van der Waals surface area (Å²) in [5, 5.41) is 24.5. The second-order valence-electron chi connectivity index (χ2n) is 11.1. The standard InChI is InChI=1S/C28H45ClFN3O4/c1-19(25(34)17-20-11-13-22(31)14-12-20)32-27(35)33-16-6-8-21(18-33)7-3-4-15-28(36,37-2)23-9-5-10-24(29)26(23)30/h5,9-10,19-22,25,34,36H,3-4,6-8,11-18,31H2,1-2H3,(H,32,35)/t19-,20?,21+,22?,25+,28?/m0/s1. The maximum atomic E-state index is 14.4. The zero-order chi connectivity index (χ0) is 27.0. The number of nitrogens with two attached hydrogens (primary N) is 1. The summed E-state index contributed by atoms with van der Waals surface area (Å²) in [6.45, 7) is 3.26. The highest BCUT2D eigenvalue weighted by Crippen LogP contribution is 2.33. The molecular formula is C28H45ClFN3O4. The van der Waals surface area contributed by atoms with E-state index in [1.807, 2.05) is 11.8 Å². The Kier molecular flexibility index (Phi) is 11.5. The molecule has 5 N–H and O–H groups in total. The van der Waals surface area contributed by atoms with E-state index in [9.17, 15) is 19.4 Å². The number of aliphatic hydroxyl groups excluding tert-OH is 1. The molecule has 1 heterocycles. The first kappa shape index (κ1) is 30.1. The van der Waals surface area contributed by atoms with Crippen LogP contribution in [-0.2, 0) is 10.5 Å². The number of methoxy groups -OCH3 is 1. The number of aliphatic hydroxyl groups is 2. The maximum absolute atomic E-state index is 14.4. The normalized spacial score (nSPS) is 25.8. The van der Waals surface area contributed by atoms with E-state index in [-0.39, 0.29) is 35.1 Å². The lowest BCUT2D eigenvalue weighted by molar-refractivity contribution is -0.201. The molecule has 1 saturated heterocycles. The third kappa shape index (κ3) is 8.52. The quantitative estimate of drug-likeness (QED) is 0.235. The van der Waals surface area contributed by atoms with E-state index in [0.717, 1.165) is 51.4 Å². The van der Waals surface area contributed by atoms with Crippen molar-refractivity contribution in [1.82, 2.24) is 10.2 Å². The number of nitrogens with one attached hydrogen (secondary N) is 1. The number of ether oxygens (including phenoxy) is 1. The lowest BCUT2D eigenvalue weighted by atomic mass is 9.82. The summed E-state index contributed by atoms with van der Waals surface area (Å²) in [5.41, 5.74) is 6.03. The Bertz CT molecular complexity index is 870. The molecule has 1 unspecified atom stereocenters. The molecule has 0 radical (unpaired) electrons. The average Bonchev–Trinajstić information content (AvgIpc) is 2.89. The fraction of sp³-hybridized carbons (Fsp3) is 0.750. The maximum Gasteiger partial charge on any atom is 0.317 e. The molecule has 0 spiro atoms. The summed E-state index contributed by atoms with van der Waals surface area (Å²) < 4.78 is 19.7. The predicted octanol–water partition coefficient (Wildman–Crippen LogP) is 4.91. The number of carbonyl (C=O) groups excluding carboxylic acids is 1. The molecule has 37 heavy (non-hydrogen) atoms. The number of unbranched alkanes of at least 4 members (excludes halogenated alkanes) is 1. The van der Waals surface area contributed by atoms with Gasteiger partial charge in [-0.15, -0.1) is 0 Å². The van der Waals surface area contributed by atoms with Crippen molar-refractivity contribution in [2.45, 2.75) is 102 Å². The first-order chi connectivity index (χ1) is 17.6. The number of urea groups is 1. The zero-order valence-corrected chi connectivity index (χ0v) is 23.1. The van der Waals surface area contributed by atoms with Gasteiger partial charge in [-0.3, -0.25) is 0 Å². The van der Waals surface area contributed by atoms with Crippen molar-refractivity contribution in [3.8, 4) is 0 Å². The molecule has 3 rings (SSSR count). The van der Waals surface area contributed by atoms with Crippen LogP contribution in [0.3, 0.4) is 0 Å². The summed E-state index contributed by atoms with van der Waals surface area (Å²) in [5.74, 6) is -1.55. The molecule has 0 aromatic heterocycles. The minimum Gasteiger partial charge on any atom is -0.391 e. The highest BCUT2D eigenvalue weighted by Gasteiger charge is 2.33. The topological polar surface area (TPSA) is 108 Å². The number of nitrogens with zero attached hydrogens (tertiary/aromatic N) is 1. The smallest absolute Gasteiger partial charge is 0.317 e. The Balaban J connectivity index is 1.41. The van der Waals surface area contributed by atoms with Crippen LogP contribution in [0.5, 0.6) is 0 Å². The van der Waals surface area contributed by atoms with Gasteiger partial charge in [-0.05, 0) is 82.6 Å². The molecule has 1 aliphatic carbocycles. The van der Waals surface area contributed by atoms with E-state index in [1.54, 1.807) is 6.07 Å². The van der Waals surface area contributed by atoms with Gasteiger partial charge in [0.25, 0.3) is 0 Å². The fourth-order valence-corrected chi connectivity index (χ4v) is 5.96. The molecule has 2 amide bonds. The number of halogens is 2. The zero-order valence-electron chi connectivity index (χ0n) is 22.3. The van der Waals surface area contributed by atoms with E-state index in [4.69, 9.17) is 22.1 Å². The molecule has 7 nitrogen and oxygen atoms in total. The summed E-state index contributed by atoms with van der Waals surface area (Å²) in [4.78, 5) is 14.8. The molecule has 1 aliphatic heterocycles. The van der Waals surface area contributed by atoms with E-state index >= 15 is 0 Å². The molecule has 1 aromatic carbocycles. The van der Waals surface area contributed by atoms with Crippen LogP contribution in [0, 0.1) is 17.7 Å². The van der Waals surface area contributed by atoms with Crippen LogP contribution in [0.4, 0.5) is 9.18 Å². The van der Waals surface area contributed by atoms with Crippen LogP contribution < -0.4 is 11.1 Å². The molecule has 1 aromatic rings. The minimum atomic E-state index is -1.73. The second kappa shape index (κ2) is 14.1. The number of likely N-dealkylation sites (tertiary alicyclic amines) is 1. The monoisotopic (exact) mass is 541 g/mol. The second-order valence-corrected chi connectivity index (χ2v) is 11.5. The van der Waals surface area contributed by atoms with Crippen molar-refractivity contribution in [3.63, 3.8) is 0 Å². The summed E-state index contributed by atoms with van der Waals surface area (Å²) in [6.07, 6.45) is 8.86. The molecule has 2 fully saturated rings. The van der Waals surface area contributed by atoms with Crippen molar-refractivity contribution in [1.29, 1.82) is 0 Å². The number of hydrogen-bond donors (Lipinski definition) is 4. The third-order valence-electron chi connectivity index (χ3n) is 8.29. The first-order valence-electron chi connectivity index (χ1n) is 13.8. The van der Waals surface area contributed by atoms with Gasteiger partial charge in [0.05, 0.1) is 17.2 Å². The number of carbonyl (C=O) groups is 1. The molecule has 210 valence electrons. The van der Waals surface area contributed by atoms with Gasteiger partial charge in [0.1, 0.15) is 5.82 Å². The van der Waals surface area contributed by atoms with Gasteiger partial charge < -0.3 is 30.9 Å². The van der Waals surface area contributed by atoms with Crippen molar-refractivity contribution < 1.29 is 24.1 Å². The molecule has 4 atom stereocenters. The van der Waals surface area contributed by atoms with Crippen LogP contribution in [0.1, 0.15) is 83.1 Å². The summed E-state index contributed by atoms with van der Waals surface area (Å²) >= 11 is 5.88. The van der Waals surface area contributed by atoms with Gasteiger partial charge >= 0.3 is 6.03 Å². The highest BCUT2D eigenvalue weighted by molar-refractivity contribution is 6.30. The lowest BCUT2D eigenvalue weighted by Crippen LogP contribution is -2.51. The Morgan fingerprint density at radius 1 is 1.27 bits per heavy atom. The number of amides is 2. The minimum absolute atomic E-state index is 0.0471. The predicted molar refractivity (Wildman–Crippen MR) is 144 cm³/mol. The fourth-order valence-electron chi connectivity index (χ4n) is 5.79. The molecule has 1 saturated carbocycles. The summed E-state index contributed by atoms with van der Waals surface area (Å²) in [7, 11) is 1.36. The summed E-state index contributed by atoms with van der Waals surface area (Å²) in [6, 6.07) is 4.39. The van der Waals surface area contributed by atoms with Gasteiger partial charge in [0.15, 0.2) is 5.79 Å². The molecular weight excluding hydrogens is 497 g/mol. The van der Waals surface area contributed by atoms with Crippen molar-refractivity contribution in [2.75, 3.05) is 20.2 Å². The Morgan fingerprint density at radius 3 is 2.70 bits per heavy atom. The van der Waals surface area contributed by atoms with Crippen LogP contribution in [0.2, 0.25) is 5.02 Å². The molecule has 0 bridgehead atoms. The van der Waals surface area contributed by atoms with Crippen molar-refractivity contribution >= 4 is 17.6 Å². The van der Waals surface area contributed by atoms with Crippen LogP contribution in [0.25, 0.3) is 0 Å². The third-order valence-corrected chi connectivity index (χ3v) is 8.58. The van der Waals surface area contributed by atoms with Gasteiger partial charge in [0.2, 0.25) is 0 Å². The number of benzene rings is 1. The largest absolute Gasteiger partial charge is 0.391 e. The van der Waals surface area contributed by atoms with Crippen molar-refractivity contribution in [3.05, 3.63) is 34.6 Å². The molecule has 9 heteroatoms. The molecule has 2 aliphatic rings. The highest BCUT2D eigenvalue weighted by atomic mass is 35.5. The Morgan fingerprint density at radius 2 is 2.00 bits per heavy atom. The van der Waals surface area contributed by atoms with Crippen LogP contribution in [-0.4, -0.2) is 59.5 Å². The van der Waals surface area contributed by atoms with E-state index < -0.39 is 17.7 Å². The number of piperidine rings is 1. The van der Waals surface area contributed by atoms with Crippen LogP contribution in [0.15, 0.2) is 18.2 Å². The van der Waals surface area contributed by atoms with E-state index in [1.165, 1.54) is 19.2 Å². The van der Waals surface area contributed by atoms with Gasteiger partial charge in [0, 0.05) is 38.2 Å². The van der Waals surface area contributed by atoms with E-state index in [2.05, 4.69) is 5.32 Å². The van der Waals surface area contributed by atoms with Crippen LogP contribution >= 0.6 is 11.6 Å².